The molecule has 0 saturated carbocycles. The van der Waals surface area contributed by atoms with Crippen molar-refractivity contribution >= 4 is 5.91 Å². The van der Waals surface area contributed by atoms with Crippen molar-refractivity contribution in [3.63, 3.8) is 0 Å². The lowest BCUT2D eigenvalue weighted by atomic mass is 10.1. The zero-order valence-electron chi connectivity index (χ0n) is 15.4. The molecule has 1 fully saturated rings. The second kappa shape index (κ2) is 7.43. The molecule has 1 saturated heterocycles. The summed E-state index contributed by atoms with van der Waals surface area (Å²) in [6.45, 7) is 4.76. The fourth-order valence-corrected chi connectivity index (χ4v) is 2.67. The van der Waals surface area contributed by atoms with Crippen molar-refractivity contribution in [1.29, 1.82) is 0 Å². The zero-order chi connectivity index (χ0) is 18.7. The summed E-state index contributed by atoms with van der Waals surface area (Å²) in [6.07, 6.45) is -0.434. The van der Waals surface area contributed by atoms with E-state index in [4.69, 9.17) is 18.7 Å². The van der Waals surface area contributed by atoms with Crippen LogP contribution < -0.4 is 4.74 Å². The van der Waals surface area contributed by atoms with Gasteiger partial charge in [-0.1, -0.05) is 5.16 Å². The van der Waals surface area contributed by atoms with E-state index in [1.54, 1.807) is 25.9 Å². The highest BCUT2D eigenvalue weighted by atomic mass is 16.5. The van der Waals surface area contributed by atoms with Crippen LogP contribution in [0.4, 0.5) is 0 Å². The van der Waals surface area contributed by atoms with Gasteiger partial charge in [0.15, 0.2) is 0 Å². The summed E-state index contributed by atoms with van der Waals surface area (Å²) in [5.74, 6) is 1.47. The van der Waals surface area contributed by atoms with Crippen molar-refractivity contribution < 1.29 is 23.5 Å². The quantitative estimate of drug-likeness (QED) is 0.805. The molecule has 1 amide bonds. The minimum Gasteiger partial charge on any atom is -0.497 e. The summed E-state index contributed by atoms with van der Waals surface area (Å²) in [7, 11) is 3.13. The Labute approximate surface area is 152 Å². The van der Waals surface area contributed by atoms with Gasteiger partial charge in [0.05, 0.1) is 20.3 Å². The monoisotopic (exact) mass is 361 g/mol. The molecule has 140 valence electrons. The SMILES string of the molecule is COc1ccc(-c2nc(C3CN(C(=O)C(C)(C)OC)CCO3)no2)cc1. The van der Waals surface area contributed by atoms with Crippen molar-refractivity contribution in [2.75, 3.05) is 33.9 Å². The average Bonchev–Trinajstić information content (AvgIpc) is 3.18. The molecule has 26 heavy (non-hydrogen) atoms. The van der Waals surface area contributed by atoms with Crippen molar-refractivity contribution in [2.45, 2.75) is 25.6 Å². The number of nitrogens with zero attached hydrogens (tertiary/aromatic N) is 3. The molecular formula is C18H23N3O5. The average molecular weight is 361 g/mol. The van der Waals surface area contributed by atoms with E-state index >= 15 is 0 Å². The maximum atomic E-state index is 12.6. The number of hydrogen-bond donors (Lipinski definition) is 0. The number of rotatable bonds is 5. The molecule has 1 aromatic heterocycles. The molecule has 0 radical (unpaired) electrons. The molecule has 0 bridgehead atoms. The smallest absolute Gasteiger partial charge is 0.258 e. The Kier molecular flexibility index (Phi) is 5.24. The maximum absolute atomic E-state index is 12.6. The van der Waals surface area contributed by atoms with E-state index in [9.17, 15) is 4.79 Å². The summed E-state index contributed by atoms with van der Waals surface area (Å²) < 4.78 is 21.5. The number of aromatic nitrogens is 2. The first-order valence-electron chi connectivity index (χ1n) is 8.39. The third-order valence-corrected chi connectivity index (χ3v) is 4.45. The van der Waals surface area contributed by atoms with Gasteiger partial charge in [-0.3, -0.25) is 4.79 Å². The van der Waals surface area contributed by atoms with E-state index in [1.807, 2.05) is 24.3 Å². The van der Waals surface area contributed by atoms with Crippen LogP contribution in [0.2, 0.25) is 0 Å². The number of morpholine rings is 1. The Morgan fingerprint density at radius 2 is 2.00 bits per heavy atom. The molecule has 1 aromatic carbocycles. The Hall–Kier alpha value is -2.45. The third-order valence-electron chi connectivity index (χ3n) is 4.45. The molecule has 0 aliphatic carbocycles. The molecular weight excluding hydrogens is 338 g/mol. The number of benzene rings is 1. The van der Waals surface area contributed by atoms with Gasteiger partial charge in [-0.25, -0.2) is 0 Å². The molecule has 1 atom stereocenters. The predicted molar refractivity (Wildman–Crippen MR) is 92.6 cm³/mol. The molecule has 8 nitrogen and oxygen atoms in total. The van der Waals surface area contributed by atoms with Gasteiger partial charge in [0.2, 0.25) is 5.82 Å². The Morgan fingerprint density at radius 1 is 1.27 bits per heavy atom. The van der Waals surface area contributed by atoms with Gasteiger partial charge < -0.3 is 23.6 Å². The van der Waals surface area contributed by atoms with Gasteiger partial charge in [0.25, 0.3) is 11.8 Å². The summed E-state index contributed by atoms with van der Waals surface area (Å²) in [6, 6.07) is 7.33. The summed E-state index contributed by atoms with van der Waals surface area (Å²) >= 11 is 0. The second-order valence-corrected chi connectivity index (χ2v) is 6.51. The molecule has 2 aromatic rings. The third kappa shape index (κ3) is 3.71. The lowest BCUT2D eigenvalue weighted by Gasteiger charge is -2.36. The number of ether oxygens (including phenoxy) is 3. The van der Waals surface area contributed by atoms with Crippen LogP contribution in [-0.2, 0) is 14.3 Å². The number of amides is 1. The largest absolute Gasteiger partial charge is 0.497 e. The highest BCUT2D eigenvalue weighted by molar-refractivity contribution is 5.84. The van der Waals surface area contributed by atoms with E-state index < -0.39 is 11.7 Å². The normalized spacial score (nSPS) is 18.0. The number of carbonyl (C=O) groups excluding carboxylic acids is 1. The maximum Gasteiger partial charge on any atom is 0.258 e. The first-order chi connectivity index (χ1) is 12.4. The lowest BCUT2D eigenvalue weighted by Crippen LogP contribution is -2.51. The topological polar surface area (TPSA) is 86.9 Å². The minimum absolute atomic E-state index is 0.0906. The van der Waals surface area contributed by atoms with Gasteiger partial charge in [-0.15, -0.1) is 0 Å². The van der Waals surface area contributed by atoms with Gasteiger partial charge in [0.1, 0.15) is 17.5 Å². The van der Waals surface area contributed by atoms with Crippen LogP contribution in [0, 0.1) is 0 Å². The molecule has 2 heterocycles. The van der Waals surface area contributed by atoms with Crippen LogP contribution in [-0.4, -0.2) is 60.5 Å². The lowest BCUT2D eigenvalue weighted by molar-refractivity contribution is -0.158. The van der Waals surface area contributed by atoms with E-state index in [0.717, 1.165) is 11.3 Å². The summed E-state index contributed by atoms with van der Waals surface area (Å²) in [5, 5.41) is 4.02. The van der Waals surface area contributed by atoms with Gasteiger partial charge in [-0.05, 0) is 38.1 Å². The molecule has 1 unspecified atom stereocenters. The standard InChI is InChI=1S/C18H23N3O5/c1-18(2,24-4)17(22)21-9-10-25-14(11-21)15-19-16(26-20-15)12-5-7-13(23-3)8-6-12/h5-8,14H,9-11H2,1-4H3. The molecule has 0 N–H and O–H groups in total. The van der Waals surface area contributed by atoms with E-state index in [1.165, 1.54) is 7.11 Å². The zero-order valence-corrected chi connectivity index (χ0v) is 15.4. The molecule has 0 spiro atoms. The van der Waals surface area contributed by atoms with Crippen LogP contribution >= 0.6 is 0 Å². The first-order valence-corrected chi connectivity index (χ1v) is 8.39. The van der Waals surface area contributed by atoms with Crippen LogP contribution in [0.15, 0.2) is 28.8 Å². The summed E-state index contributed by atoms with van der Waals surface area (Å²) in [4.78, 5) is 18.7. The van der Waals surface area contributed by atoms with Gasteiger partial charge in [0, 0.05) is 19.2 Å². The minimum atomic E-state index is -0.882. The Bertz CT molecular complexity index is 756. The van der Waals surface area contributed by atoms with Crippen LogP contribution in [0.1, 0.15) is 25.8 Å². The molecule has 8 heteroatoms. The predicted octanol–water partition coefficient (Wildman–Crippen LogP) is 2.07. The van der Waals surface area contributed by atoms with E-state index in [-0.39, 0.29) is 5.91 Å². The fourth-order valence-electron chi connectivity index (χ4n) is 2.67. The molecule has 3 rings (SSSR count). The van der Waals surface area contributed by atoms with Crippen LogP contribution in [0.25, 0.3) is 11.5 Å². The molecule has 1 aliphatic heterocycles. The van der Waals surface area contributed by atoms with Crippen LogP contribution in [0.3, 0.4) is 0 Å². The fraction of sp³-hybridized carbons (Fsp3) is 0.500. The number of carbonyl (C=O) groups is 1. The van der Waals surface area contributed by atoms with Crippen molar-refractivity contribution in [3.8, 4) is 17.2 Å². The van der Waals surface area contributed by atoms with Gasteiger partial charge >= 0.3 is 0 Å². The molecule has 1 aliphatic rings. The second-order valence-electron chi connectivity index (χ2n) is 6.51. The van der Waals surface area contributed by atoms with Crippen molar-refractivity contribution in [1.82, 2.24) is 15.0 Å². The Morgan fingerprint density at radius 3 is 2.65 bits per heavy atom. The van der Waals surface area contributed by atoms with E-state index in [0.29, 0.717) is 31.4 Å². The summed E-state index contributed by atoms with van der Waals surface area (Å²) in [5.41, 5.74) is -0.0956. The highest BCUT2D eigenvalue weighted by Crippen LogP contribution is 2.26. The van der Waals surface area contributed by atoms with E-state index in [2.05, 4.69) is 10.1 Å². The Balaban J connectivity index is 1.73. The van der Waals surface area contributed by atoms with Gasteiger partial charge in [-0.2, -0.15) is 4.98 Å². The highest BCUT2D eigenvalue weighted by Gasteiger charge is 2.36. The van der Waals surface area contributed by atoms with Crippen LogP contribution in [0.5, 0.6) is 5.75 Å². The number of hydrogen-bond acceptors (Lipinski definition) is 7. The number of methoxy groups -OCH3 is 2. The van der Waals surface area contributed by atoms with Crippen molar-refractivity contribution in [2.24, 2.45) is 0 Å². The first kappa shape index (κ1) is 18.3. The van der Waals surface area contributed by atoms with Crippen molar-refractivity contribution in [3.05, 3.63) is 30.1 Å².